The molecule has 0 radical (unpaired) electrons. The van der Waals surface area contributed by atoms with Crippen LogP contribution < -0.4 is 4.74 Å². The molecule has 0 aliphatic rings. The van der Waals surface area contributed by atoms with Crippen molar-refractivity contribution in [1.82, 2.24) is 4.98 Å². The number of methoxy groups -OCH3 is 1. The van der Waals surface area contributed by atoms with Gasteiger partial charge in [0, 0.05) is 16.5 Å². The molecule has 0 saturated carbocycles. The molecule has 1 aromatic heterocycles. The average molecular weight is 321 g/mol. The summed E-state index contributed by atoms with van der Waals surface area (Å²) in [6.45, 7) is 6.33. The van der Waals surface area contributed by atoms with Crippen LogP contribution in [-0.2, 0) is 6.61 Å². The summed E-state index contributed by atoms with van der Waals surface area (Å²) >= 11 is 0. The lowest BCUT2D eigenvalue weighted by Crippen LogP contribution is -1.99. The first kappa shape index (κ1) is 16.5. The molecule has 1 heterocycles. The zero-order valence-corrected chi connectivity index (χ0v) is 14.6. The van der Waals surface area contributed by atoms with Crippen LogP contribution in [0.15, 0.2) is 42.5 Å². The Morgan fingerprint density at radius 3 is 2.58 bits per heavy atom. The van der Waals surface area contributed by atoms with Crippen LogP contribution in [-0.4, -0.2) is 17.2 Å². The first-order chi connectivity index (χ1) is 11.5. The van der Waals surface area contributed by atoms with Crippen LogP contribution in [0.25, 0.3) is 22.2 Å². The number of hydrogen-bond donors (Lipinski definition) is 1. The first-order valence-electron chi connectivity index (χ1n) is 8.23. The van der Waals surface area contributed by atoms with Gasteiger partial charge >= 0.3 is 0 Å². The summed E-state index contributed by atoms with van der Waals surface area (Å²) < 4.78 is 5.55. The summed E-state index contributed by atoms with van der Waals surface area (Å²) in [4.78, 5) is 4.88. The van der Waals surface area contributed by atoms with Crippen molar-refractivity contribution in [2.45, 2.75) is 33.3 Å². The fraction of sp³-hybridized carbons (Fsp3) is 0.286. The van der Waals surface area contributed by atoms with Gasteiger partial charge in [0.2, 0.25) is 0 Å². The summed E-state index contributed by atoms with van der Waals surface area (Å²) in [6, 6.07) is 14.3. The summed E-state index contributed by atoms with van der Waals surface area (Å²) in [5.74, 6) is 1.18. The van der Waals surface area contributed by atoms with Crippen molar-refractivity contribution >= 4 is 10.9 Å². The van der Waals surface area contributed by atoms with Gasteiger partial charge < -0.3 is 9.84 Å². The Bertz CT molecular complexity index is 884. The Kier molecular flexibility index (Phi) is 4.54. The number of aliphatic hydroxyl groups excluding tert-OH is 1. The maximum atomic E-state index is 9.87. The first-order valence-corrected chi connectivity index (χ1v) is 8.23. The standard InChI is InChI=1S/C21H23NO2/c1-13(2)15-8-9-19(24-4)18(11-15)21-17(12-23)10-16-7-5-6-14(3)20(16)22-21/h5-11,13,23H,12H2,1-4H3. The molecule has 0 saturated heterocycles. The number of hydrogen-bond acceptors (Lipinski definition) is 3. The van der Waals surface area contributed by atoms with E-state index in [4.69, 9.17) is 9.72 Å². The van der Waals surface area contributed by atoms with E-state index in [9.17, 15) is 5.11 Å². The molecule has 0 amide bonds. The van der Waals surface area contributed by atoms with E-state index in [2.05, 4.69) is 39.0 Å². The van der Waals surface area contributed by atoms with Crippen molar-refractivity contribution in [1.29, 1.82) is 0 Å². The monoisotopic (exact) mass is 321 g/mol. The maximum absolute atomic E-state index is 9.87. The van der Waals surface area contributed by atoms with E-state index in [1.54, 1.807) is 7.11 Å². The van der Waals surface area contributed by atoms with Gasteiger partial charge in [-0.05, 0) is 42.2 Å². The summed E-state index contributed by atoms with van der Waals surface area (Å²) in [5.41, 5.74) is 5.84. The second kappa shape index (κ2) is 6.62. The number of aryl methyl sites for hydroxylation is 1. The van der Waals surface area contributed by atoms with E-state index in [1.165, 1.54) is 5.56 Å². The zero-order chi connectivity index (χ0) is 17.3. The average Bonchev–Trinajstić information content (AvgIpc) is 2.60. The third-order valence-electron chi connectivity index (χ3n) is 4.44. The Balaban J connectivity index is 2.32. The van der Waals surface area contributed by atoms with Crippen molar-refractivity contribution in [3.05, 3.63) is 59.2 Å². The van der Waals surface area contributed by atoms with Crippen LogP contribution in [0.4, 0.5) is 0 Å². The number of pyridine rings is 1. The highest BCUT2D eigenvalue weighted by molar-refractivity contribution is 5.86. The van der Waals surface area contributed by atoms with Crippen LogP contribution in [0, 0.1) is 6.92 Å². The fourth-order valence-corrected chi connectivity index (χ4v) is 3.01. The third-order valence-corrected chi connectivity index (χ3v) is 4.44. The summed E-state index contributed by atoms with van der Waals surface area (Å²) in [5, 5.41) is 10.9. The molecule has 0 atom stereocenters. The van der Waals surface area contributed by atoms with E-state index < -0.39 is 0 Å². The molecule has 0 bridgehead atoms. The molecule has 3 nitrogen and oxygen atoms in total. The van der Waals surface area contributed by atoms with E-state index in [0.29, 0.717) is 5.92 Å². The minimum atomic E-state index is -0.0543. The van der Waals surface area contributed by atoms with Gasteiger partial charge in [-0.15, -0.1) is 0 Å². The van der Waals surface area contributed by atoms with E-state index >= 15 is 0 Å². The van der Waals surface area contributed by atoms with E-state index in [1.807, 2.05) is 24.3 Å². The third kappa shape index (κ3) is 2.87. The molecule has 0 aliphatic heterocycles. The molecule has 0 aliphatic carbocycles. The Hall–Kier alpha value is -2.39. The summed E-state index contributed by atoms with van der Waals surface area (Å²) in [6.07, 6.45) is 0. The molecular formula is C21H23NO2. The lowest BCUT2D eigenvalue weighted by molar-refractivity contribution is 0.282. The van der Waals surface area contributed by atoms with Gasteiger partial charge in [-0.1, -0.05) is 38.1 Å². The lowest BCUT2D eigenvalue weighted by Gasteiger charge is -2.16. The highest BCUT2D eigenvalue weighted by Crippen LogP contribution is 2.35. The van der Waals surface area contributed by atoms with Crippen LogP contribution in [0.2, 0.25) is 0 Å². The molecule has 3 aromatic rings. The minimum absolute atomic E-state index is 0.0543. The van der Waals surface area contributed by atoms with E-state index in [0.717, 1.165) is 39.0 Å². The Labute approximate surface area is 142 Å². The van der Waals surface area contributed by atoms with Crippen molar-refractivity contribution in [3.63, 3.8) is 0 Å². The van der Waals surface area contributed by atoms with Gasteiger partial charge in [0.15, 0.2) is 0 Å². The molecule has 0 fully saturated rings. The van der Waals surface area contributed by atoms with Crippen LogP contribution in [0.1, 0.15) is 36.5 Å². The number of benzene rings is 2. The number of nitrogens with zero attached hydrogens (tertiary/aromatic N) is 1. The molecular weight excluding hydrogens is 298 g/mol. The zero-order valence-electron chi connectivity index (χ0n) is 14.6. The molecule has 24 heavy (non-hydrogen) atoms. The van der Waals surface area contributed by atoms with Crippen molar-refractivity contribution < 1.29 is 9.84 Å². The predicted octanol–water partition coefficient (Wildman–Crippen LogP) is 4.83. The van der Waals surface area contributed by atoms with E-state index in [-0.39, 0.29) is 6.61 Å². The maximum Gasteiger partial charge on any atom is 0.128 e. The molecule has 124 valence electrons. The molecule has 3 rings (SSSR count). The smallest absolute Gasteiger partial charge is 0.128 e. The number of para-hydroxylation sites is 1. The van der Waals surface area contributed by atoms with Gasteiger partial charge in [-0.25, -0.2) is 4.98 Å². The Morgan fingerprint density at radius 2 is 1.92 bits per heavy atom. The minimum Gasteiger partial charge on any atom is -0.496 e. The number of aromatic nitrogens is 1. The van der Waals surface area contributed by atoms with Crippen LogP contribution >= 0.6 is 0 Å². The highest BCUT2D eigenvalue weighted by atomic mass is 16.5. The normalized spacial score (nSPS) is 11.2. The fourth-order valence-electron chi connectivity index (χ4n) is 3.01. The molecule has 2 aromatic carbocycles. The lowest BCUT2D eigenvalue weighted by atomic mass is 9.96. The predicted molar refractivity (Wildman–Crippen MR) is 98.5 cm³/mol. The van der Waals surface area contributed by atoms with Gasteiger partial charge in [-0.2, -0.15) is 0 Å². The van der Waals surface area contributed by atoms with Gasteiger partial charge in [0.1, 0.15) is 5.75 Å². The van der Waals surface area contributed by atoms with Crippen LogP contribution in [0.5, 0.6) is 5.75 Å². The number of fused-ring (bicyclic) bond motifs is 1. The van der Waals surface area contributed by atoms with Crippen molar-refractivity contribution in [2.75, 3.05) is 7.11 Å². The number of aliphatic hydroxyl groups is 1. The number of rotatable bonds is 4. The van der Waals surface area contributed by atoms with Gasteiger partial charge in [-0.3, -0.25) is 0 Å². The molecule has 0 spiro atoms. The molecule has 3 heteroatoms. The second-order valence-corrected chi connectivity index (χ2v) is 6.42. The second-order valence-electron chi connectivity index (χ2n) is 6.42. The van der Waals surface area contributed by atoms with Crippen LogP contribution in [0.3, 0.4) is 0 Å². The number of ether oxygens (including phenoxy) is 1. The Morgan fingerprint density at radius 1 is 1.12 bits per heavy atom. The highest BCUT2D eigenvalue weighted by Gasteiger charge is 2.15. The molecule has 0 unspecified atom stereocenters. The van der Waals surface area contributed by atoms with Crippen molar-refractivity contribution in [2.24, 2.45) is 0 Å². The quantitative estimate of drug-likeness (QED) is 0.748. The largest absolute Gasteiger partial charge is 0.496 e. The van der Waals surface area contributed by atoms with Gasteiger partial charge in [0.25, 0.3) is 0 Å². The topological polar surface area (TPSA) is 42.4 Å². The SMILES string of the molecule is COc1ccc(C(C)C)cc1-c1nc2c(C)cccc2cc1CO. The molecule has 1 N–H and O–H groups in total. The summed E-state index contributed by atoms with van der Waals surface area (Å²) in [7, 11) is 1.67. The van der Waals surface area contributed by atoms with Gasteiger partial charge in [0.05, 0.1) is 24.9 Å². The van der Waals surface area contributed by atoms with Crippen molar-refractivity contribution in [3.8, 4) is 17.0 Å².